The molecule has 0 spiro atoms. The van der Waals surface area contributed by atoms with Crippen molar-refractivity contribution in [1.82, 2.24) is 14.5 Å². The molecule has 0 atom stereocenters. The number of hydrogen-bond acceptors (Lipinski definition) is 3. The summed E-state index contributed by atoms with van der Waals surface area (Å²) in [5, 5.41) is 4.19. The van der Waals surface area contributed by atoms with Crippen LogP contribution in [0.4, 0.5) is 0 Å². The molecule has 0 fully saturated rings. The number of aryl methyl sites for hydroxylation is 1. The standard InChI is InChI=1S/C11H10BrCl2N3O2S/c1-17-3-2-8(16-17)6-15-20(18,19)11-9(13)4-7(12)5-10(11)14/h2-5,15H,6H2,1H3. The second-order valence-corrected chi connectivity index (χ2v) is 7.44. The lowest BCUT2D eigenvalue weighted by atomic mass is 10.4. The largest absolute Gasteiger partial charge is 0.276 e. The van der Waals surface area contributed by atoms with Crippen LogP contribution in [0.5, 0.6) is 0 Å². The molecule has 0 saturated carbocycles. The van der Waals surface area contributed by atoms with Crippen molar-refractivity contribution >= 4 is 49.2 Å². The van der Waals surface area contributed by atoms with Gasteiger partial charge in [0.2, 0.25) is 10.0 Å². The fourth-order valence-corrected chi connectivity index (χ4v) is 4.52. The van der Waals surface area contributed by atoms with Crippen LogP contribution in [0, 0.1) is 0 Å². The Hall–Kier alpha value is -0.600. The normalized spacial score (nSPS) is 11.8. The summed E-state index contributed by atoms with van der Waals surface area (Å²) < 4.78 is 29.1. The van der Waals surface area contributed by atoms with Crippen LogP contribution >= 0.6 is 39.1 Å². The first kappa shape index (κ1) is 15.8. The van der Waals surface area contributed by atoms with Gasteiger partial charge in [-0.2, -0.15) is 5.10 Å². The third-order valence-corrected chi connectivity index (χ3v) is 5.22. The molecular formula is C11H10BrCl2N3O2S. The quantitative estimate of drug-likeness (QED) is 0.860. The zero-order chi connectivity index (χ0) is 14.9. The molecule has 1 aromatic heterocycles. The Bertz CT molecular complexity index is 723. The summed E-state index contributed by atoms with van der Waals surface area (Å²) >= 11 is 15.1. The Morgan fingerprint density at radius 1 is 1.35 bits per heavy atom. The summed E-state index contributed by atoms with van der Waals surface area (Å²) in [4.78, 5) is -0.139. The Kier molecular flexibility index (Phi) is 4.76. The third-order valence-electron chi connectivity index (χ3n) is 2.44. The fourth-order valence-electron chi connectivity index (χ4n) is 1.58. The Morgan fingerprint density at radius 3 is 2.45 bits per heavy atom. The highest BCUT2D eigenvalue weighted by Crippen LogP contribution is 2.32. The molecule has 0 aliphatic carbocycles. The van der Waals surface area contributed by atoms with E-state index >= 15 is 0 Å². The van der Waals surface area contributed by atoms with Crippen LogP contribution in [0.2, 0.25) is 10.0 Å². The van der Waals surface area contributed by atoms with Crippen LogP contribution in [0.25, 0.3) is 0 Å². The van der Waals surface area contributed by atoms with Crippen molar-refractivity contribution in [2.45, 2.75) is 11.4 Å². The van der Waals surface area contributed by atoms with Crippen LogP contribution in [0.1, 0.15) is 5.69 Å². The first-order valence-corrected chi connectivity index (χ1v) is 8.45. The van der Waals surface area contributed by atoms with E-state index in [-0.39, 0.29) is 21.5 Å². The zero-order valence-electron chi connectivity index (χ0n) is 10.3. The SMILES string of the molecule is Cn1ccc(CNS(=O)(=O)c2c(Cl)cc(Br)cc2Cl)n1. The summed E-state index contributed by atoms with van der Waals surface area (Å²) in [6, 6.07) is 4.67. The molecule has 1 N–H and O–H groups in total. The predicted molar refractivity (Wildman–Crippen MR) is 81.4 cm³/mol. The van der Waals surface area contributed by atoms with Crippen molar-refractivity contribution < 1.29 is 8.42 Å². The van der Waals surface area contributed by atoms with Crippen molar-refractivity contribution in [1.29, 1.82) is 0 Å². The maximum absolute atomic E-state index is 12.2. The number of nitrogens with zero attached hydrogens (tertiary/aromatic N) is 2. The van der Waals surface area contributed by atoms with Gasteiger partial charge in [-0.3, -0.25) is 4.68 Å². The average molecular weight is 399 g/mol. The van der Waals surface area contributed by atoms with E-state index in [0.717, 1.165) is 0 Å². The number of sulfonamides is 1. The number of halogens is 3. The van der Waals surface area contributed by atoms with Gasteiger partial charge in [0.15, 0.2) is 0 Å². The highest BCUT2D eigenvalue weighted by Gasteiger charge is 2.22. The van der Waals surface area contributed by atoms with Gasteiger partial charge < -0.3 is 0 Å². The van der Waals surface area contributed by atoms with E-state index in [1.54, 1.807) is 24.0 Å². The molecule has 2 aromatic rings. The molecule has 5 nitrogen and oxygen atoms in total. The minimum atomic E-state index is -3.81. The van der Waals surface area contributed by atoms with Crippen molar-refractivity contribution in [3.63, 3.8) is 0 Å². The van der Waals surface area contributed by atoms with Gasteiger partial charge in [0.05, 0.1) is 22.3 Å². The molecule has 20 heavy (non-hydrogen) atoms. The Morgan fingerprint density at radius 2 is 1.95 bits per heavy atom. The van der Waals surface area contributed by atoms with Crippen LogP contribution in [0.15, 0.2) is 33.8 Å². The summed E-state index contributed by atoms with van der Waals surface area (Å²) in [6.07, 6.45) is 1.73. The minimum absolute atomic E-state index is 0.0536. The highest BCUT2D eigenvalue weighted by molar-refractivity contribution is 9.10. The molecule has 9 heteroatoms. The first-order valence-electron chi connectivity index (χ1n) is 5.42. The van der Waals surface area contributed by atoms with E-state index in [1.165, 1.54) is 12.1 Å². The molecule has 0 radical (unpaired) electrons. The summed E-state index contributed by atoms with van der Waals surface area (Å²) in [5.41, 5.74) is 0.598. The molecule has 0 amide bonds. The van der Waals surface area contributed by atoms with Gasteiger partial charge in [-0.1, -0.05) is 39.1 Å². The van der Waals surface area contributed by atoms with Crippen LogP contribution < -0.4 is 4.72 Å². The molecular weight excluding hydrogens is 389 g/mol. The Balaban J connectivity index is 2.27. The second kappa shape index (κ2) is 6.03. The number of rotatable bonds is 4. The number of benzene rings is 1. The fraction of sp³-hybridized carbons (Fsp3) is 0.182. The maximum Gasteiger partial charge on any atom is 0.243 e. The van der Waals surface area contributed by atoms with Crippen molar-refractivity contribution in [2.24, 2.45) is 7.05 Å². The number of hydrogen-bond donors (Lipinski definition) is 1. The first-order chi connectivity index (χ1) is 9.29. The van der Waals surface area contributed by atoms with E-state index in [4.69, 9.17) is 23.2 Å². The third kappa shape index (κ3) is 3.53. The minimum Gasteiger partial charge on any atom is -0.276 e. The van der Waals surface area contributed by atoms with E-state index in [1.807, 2.05) is 0 Å². The summed E-state index contributed by atoms with van der Waals surface area (Å²) in [7, 11) is -2.06. The number of nitrogens with one attached hydrogen (secondary N) is 1. The monoisotopic (exact) mass is 397 g/mol. The van der Waals surface area contributed by atoms with Gasteiger partial charge in [0.1, 0.15) is 4.90 Å². The van der Waals surface area contributed by atoms with Gasteiger partial charge in [-0.05, 0) is 18.2 Å². The molecule has 1 aromatic carbocycles. The Labute approximate surface area is 135 Å². The van der Waals surface area contributed by atoms with Gasteiger partial charge >= 0.3 is 0 Å². The molecule has 0 bridgehead atoms. The predicted octanol–water partition coefficient (Wildman–Crippen LogP) is 2.97. The van der Waals surface area contributed by atoms with Gasteiger partial charge in [0.25, 0.3) is 0 Å². The van der Waals surface area contributed by atoms with Crippen molar-refractivity contribution in [3.8, 4) is 0 Å². The molecule has 0 unspecified atom stereocenters. The van der Waals surface area contributed by atoms with Crippen LogP contribution in [-0.2, 0) is 23.6 Å². The van der Waals surface area contributed by atoms with E-state index in [9.17, 15) is 8.42 Å². The van der Waals surface area contributed by atoms with Gasteiger partial charge in [-0.25, -0.2) is 13.1 Å². The zero-order valence-corrected chi connectivity index (χ0v) is 14.2. The topological polar surface area (TPSA) is 64.0 Å². The smallest absolute Gasteiger partial charge is 0.243 e. The molecule has 0 aliphatic heterocycles. The van der Waals surface area contributed by atoms with E-state index in [0.29, 0.717) is 10.2 Å². The maximum atomic E-state index is 12.2. The average Bonchev–Trinajstić information content (AvgIpc) is 2.71. The molecule has 2 rings (SSSR count). The van der Waals surface area contributed by atoms with Crippen LogP contribution in [0.3, 0.4) is 0 Å². The highest BCUT2D eigenvalue weighted by atomic mass is 79.9. The van der Waals surface area contributed by atoms with E-state index in [2.05, 4.69) is 25.8 Å². The second-order valence-electron chi connectivity index (χ2n) is 4.00. The molecule has 0 aliphatic rings. The van der Waals surface area contributed by atoms with Crippen molar-refractivity contribution in [2.75, 3.05) is 0 Å². The van der Waals surface area contributed by atoms with Gasteiger partial charge in [-0.15, -0.1) is 0 Å². The van der Waals surface area contributed by atoms with Gasteiger partial charge in [0, 0.05) is 17.7 Å². The molecule has 1 heterocycles. The van der Waals surface area contributed by atoms with E-state index < -0.39 is 10.0 Å². The molecule has 0 saturated heterocycles. The summed E-state index contributed by atoms with van der Waals surface area (Å²) in [5.74, 6) is 0. The van der Waals surface area contributed by atoms with Crippen molar-refractivity contribution in [3.05, 3.63) is 44.6 Å². The lowest BCUT2D eigenvalue weighted by Crippen LogP contribution is -2.24. The van der Waals surface area contributed by atoms with Crippen LogP contribution in [-0.4, -0.2) is 18.2 Å². The summed E-state index contributed by atoms with van der Waals surface area (Å²) in [6.45, 7) is 0.0614. The lowest BCUT2D eigenvalue weighted by Gasteiger charge is -2.09. The lowest BCUT2D eigenvalue weighted by molar-refractivity contribution is 0.579. The molecule has 108 valence electrons. The number of aromatic nitrogens is 2.